The number of nitrogens with one attached hydrogen (secondary N) is 1. The van der Waals surface area contributed by atoms with Crippen molar-refractivity contribution in [2.75, 3.05) is 64.5 Å². The van der Waals surface area contributed by atoms with E-state index in [1.165, 1.54) is 4.90 Å². The first-order chi connectivity index (χ1) is 16.3. The maximum Gasteiger partial charge on any atom is 0.310 e. The van der Waals surface area contributed by atoms with Crippen molar-refractivity contribution in [3.05, 3.63) is 21.6 Å². The van der Waals surface area contributed by atoms with Crippen molar-refractivity contribution in [3.8, 4) is 0 Å². The number of nitrogens with zero attached hydrogens (tertiary/aromatic N) is 4. The number of morpholine rings is 1. The highest BCUT2D eigenvalue weighted by Crippen LogP contribution is 2.18. The Bertz CT molecular complexity index is 942. The molecule has 0 radical (unpaired) electrons. The van der Waals surface area contributed by atoms with Gasteiger partial charge in [-0.15, -0.1) is 0 Å². The molecule has 11 nitrogen and oxygen atoms in total. The molecule has 2 amide bonds. The van der Waals surface area contributed by atoms with Crippen LogP contribution in [0.2, 0.25) is 0 Å². The van der Waals surface area contributed by atoms with E-state index in [4.69, 9.17) is 9.47 Å². The number of piperidine rings is 1. The van der Waals surface area contributed by atoms with Crippen LogP contribution in [0, 0.1) is 12.8 Å². The average molecular weight is 478 g/mol. The smallest absolute Gasteiger partial charge is 0.310 e. The van der Waals surface area contributed by atoms with Gasteiger partial charge in [-0.2, -0.15) is 0 Å². The summed E-state index contributed by atoms with van der Waals surface area (Å²) in [5, 5.41) is 0. The Kier molecular flexibility index (Phi) is 9.03. The monoisotopic (exact) mass is 477 g/mol. The maximum absolute atomic E-state index is 12.7. The fourth-order valence-electron chi connectivity index (χ4n) is 4.28. The zero-order valence-corrected chi connectivity index (χ0v) is 20.3. The molecule has 3 rings (SSSR count). The van der Waals surface area contributed by atoms with Gasteiger partial charge in [0.05, 0.1) is 32.3 Å². The van der Waals surface area contributed by atoms with Gasteiger partial charge < -0.3 is 24.2 Å². The quantitative estimate of drug-likeness (QED) is 0.523. The number of anilines is 1. The summed E-state index contributed by atoms with van der Waals surface area (Å²) in [6.07, 6.45) is 1.76. The molecule has 0 aliphatic carbocycles. The van der Waals surface area contributed by atoms with Crippen molar-refractivity contribution in [2.24, 2.45) is 5.92 Å². The molecule has 2 aliphatic rings. The molecule has 2 saturated heterocycles. The second-order valence-electron chi connectivity index (χ2n) is 8.73. The number of ether oxygens (including phenoxy) is 2. The lowest BCUT2D eigenvalue weighted by molar-refractivity contribution is -0.152. The molecule has 3 heterocycles. The van der Waals surface area contributed by atoms with Crippen molar-refractivity contribution in [2.45, 2.75) is 39.5 Å². The van der Waals surface area contributed by atoms with E-state index in [1.807, 2.05) is 4.90 Å². The van der Waals surface area contributed by atoms with Crippen LogP contribution in [0.5, 0.6) is 0 Å². The van der Waals surface area contributed by atoms with Crippen molar-refractivity contribution in [1.29, 1.82) is 0 Å². The molecule has 2 aliphatic heterocycles. The lowest BCUT2D eigenvalue weighted by atomic mass is 9.98. The standard InChI is InChI=1S/C23H35N5O6/c1-4-34-22(32)17-6-5-9-28(14-17)20(30)15-26(3)19(29)8-7-18-16(2)24-23(25-21(18)31)27-10-12-33-13-11-27/h17H,4-15H2,1-3H3,(H,24,25,31). The number of rotatable bonds is 8. The van der Waals surface area contributed by atoms with E-state index < -0.39 is 0 Å². The molecule has 0 spiro atoms. The van der Waals surface area contributed by atoms with Crippen LogP contribution in [0.4, 0.5) is 5.95 Å². The zero-order chi connectivity index (χ0) is 24.7. The molecule has 1 aromatic heterocycles. The second-order valence-corrected chi connectivity index (χ2v) is 8.73. The van der Waals surface area contributed by atoms with Gasteiger partial charge in [0.25, 0.3) is 5.56 Å². The number of hydrogen-bond acceptors (Lipinski definition) is 8. The van der Waals surface area contributed by atoms with Gasteiger partial charge in [0, 0.05) is 50.9 Å². The van der Waals surface area contributed by atoms with Gasteiger partial charge in [-0.3, -0.25) is 24.2 Å². The largest absolute Gasteiger partial charge is 0.466 e. The highest BCUT2D eigenvalue weighted by atomic mass is 16.5. The number of amides is 2. The number of carbonyl (C=O) groups is 3. The van der Waals surface area contributed by atoms with E-state index >= 15 is 0 Å². The molecule has 34 heavy (non-hydrogen) atoms. The van der Waals surface area contributed by atoms with E-state index in [0.29, 0.717) is 69.6 Å². The van der Waals surface area contributed by atoms with Gasteiger partial charge in [0.1, 0.15) is 0 Å². The fraction of sp³-hybridized carbons (Fsp3) is 0.696. The Morgan fingerprint density at radius 1 is 1.24 bits per heavy atom. The Hall–Kier alpha value is -2.95. The Morgan fingerprint density at radius 3 is 2.65 bits per heavy atom. The number of aromatic amines is 1. The zero-order valence-electron chi connectivity index (χ0n) is 20.3. The predicted molar refractivity (Wildman–Crippen MR) is 125 cm³/mol. The normalized spacial score (nSPS) is 18.5. The Balaban J connectivity index is 1.52. The van der Waals surface area contributed by atoms with Crippen LogP contribution in [0.15, 0.2) is 4.79 Å². The van der Waals surface area contributed by atoms with E-state index in [1.54, 1.807) is 25.8 Å². The van der Waals surface area contributed by atoms with Crippen LogP contribution in [-0.2, 0) is 30.3 Å². The van der Waals surface area contributed by atoms with Gasteiger partial charge in [0.2, 0.25) is 17.8 Å². The molecule has 2 fully saturated rings. The van der Waals surface area contributed by atoms with Crippen LogP contribution < -0.4 is 10.5 Å². The average Bonchev–Trinajstić information content (AvgIpc) is 2.84. The number of esters is 1. The molecule has 1 N–H and O–H groups in total. The SMILES string of the molecule is CCOC(=O)C1CCCN(C(=O)CN(C)C(=O)CCc2c(C)nc(N3CCOCC3)[nH]c2=O)C1. The van der Waals surface area contributed by atoms with Crippen molar-refractivity contribution >= 4 is 23.7 Å². The van der Waals surface area contributed by atoms with Crippen LogP contribution in [0.3, 0.4) is 0 Å². The lowest BCUT2D eigenvalue weighted by Crippen LogP contribution is -2.47. The van der Waals surface area contributed by atoms with E-state index in [2.05, 4.69) is 9.97 Å². The molecule has 1 atom stereocenters. The number of H-pyrrole nitrogens is 1. The third-order valence-corrected chi connectivity index (χ3v) is 6.30. The Labute approximate surface area is 199 Å². The van der Waals surface area contributed by atoms with E-state index in [-0.39, 0.29) is 48.6 Å². The minimum atomic E-state index is -0.318. The topological polar surface area (TPSA) is 125 Å². The van der Waals surface area contributed by atoms with E-state index in [9.17, 15) is 19.2 Å². The maximum atomic E-state index is 12.7. The number of likely N-dealkylation sites (N-methyl/N-ethyl adjacent to an activating group) is 1. The first-order valence-electron chi connectivity index (χ1n) is 11.9. The van der Waals surface area contributed by atoms with Gasteiger partial charge in [-0.1, -0.05) is 0 Å². The molecule has 0 saturated carbocycles. The minimum Gasteiger partial charge on any atom is -0.466 e. The fourth-order valence-corrected chi connectivity index (χ4v) is 4.28. The molecular formula is C23H35N5O6. The molecule has 188 valence electrons. The second kappa shape index (κ2) is 12.0. The van der Waals surface area contributed by atoms with Gasteiger partial charge in [-0.05, 0) is 33.1 Å². The van der Waals surface area contributed by atoms with Gasteiger partial charge in [0.15, 0.2) is 0 Å². The first kappa shape index (κ1) is 25.7. The summed E-state index contributed by atoms with van der Waals surface area (Å²) < 4.78 is 10.4. The predicted octanol–water partition coefficient (Wildman–Crippen LogP) is 0.108. The van der Waals surface area contributed by atoms with E-state index in [0.717, 1.165) is 6.42 Å². The number of hydrogen-bond donors (Lipinski definition) is 1. The number of carbonyl (C=O) groups excluding carboxylic acids is 3. The summed E-state index contributed by atoms with van der Waals surface area (Å²) in [4.78, 5) is 62.3. The molecule has 1 unspecified atom stereocenters. The Morgan fingerprint density at radius 2 is 1.97 bits per heavy atom. The van der Waals surface area contributed by atoms with Crippen LogP contribution in [0.1, 0.15) is 37.4 Å². The molecule has 0 bridgehead atoms. The molecule has 1 aromatic rings. The number of aryl methyl sites for hydroxylation is 1. The summed E-state index contributed by atoms with van der Waals surface area (Å²) in [7, 11) is 1.57. The third-order valence-electron chi connectivity index (χ3n) is 6.30. The molecule has 0 aromatic carbocycles. The highest BCUT2D eigenvalue weighted by molar-refractivity contribution is 5.85. The molecular weight excluding hydrogens is 442 g/mol. The highest BCUT2D eigenvalue weighted by Gasteiger charge is 2.30. The van der Waals surface area contributed by atoms with Crippen LogP contribution in [0.25, 0.3) is 0 Å². The lowest BCUT2D eigenvalue weighted by Gasteiger charge is -2.32. The van der Waals surface area contributed by atoms with Crippen molar-refractivity contribution in [3.63, 3.8) is 0 Å². The summed E-state index contributed by atoms with van der Waals surface area (Å²) >= 11 is 0. The first-order valence-corrected chi connectivity index (χ1v) is 11.9. The number of likely N-dealkylation sites (tertiary alicyclic amines) is 1. The third kappa shape index (κ3) is 6.55. The summed E-state index contributed by atoms with van der Waals surface area (Å²) in [6.45, 7) is 7.15. The van der Waals surface area contributed by atoms with Gasteiger partial charge in [-0.25, -0.2) is 4.98 Å². The summed E-state index contributed by atoms with van der Waals surface area (Å²) in [5.74, 6) is -0.510. The van der Waals surface area contributed by atoms with Crippen LogP contribution in [-0.4, -0.2) is 97.1 Å². The minimum absolute atomic E-state index is 0.0715. The summed E-state index contributed by atoms with van der Waals surface area (Å²) in [5.41, 5.74) is 0.812. The van der Waals surface area contributed by atoms with Crippen molar-refractivity contribution in [1.82, 2.24) is 19.8 Å². The summed E-state index contributed by atoms with van der Waals surface area (Å²) in [6, 6.07) is 0. The van der Waals surface area contributed by atoms with Crippen LogP contribution >= 0.6 is 0 Å². The number of aromatic nitrogens is 2. The van der Waals surface area contributed by atoms with Crippen molar-refractivity contribution < 1.29 is 23.9 Å². The molecule has 11 heteroatoms. The van der Waals surface area contributed by atoms with Gasteiger partial charge >= 0.3 is 5.97 Å².